The molecule has 0 aliphatic heterocycles. The lowest BCUT2D eigenvalue weighted by molar-refractivity contribution is 0.281. The number of phenols is 1. The van der Waals surface area contributed by atoms with Crippen LogP contribution in [-0.4, -0.2) is 15.4 Å². The van der Waals surface area contributed by atoms with Crippen molar-refractivity contribution in [1.29, 1.82) is 0 Å². The Morgan fingerprint density at radius 2 is 1.93 bits per heavy atom. The molecule has 0 saturated heterocycles. The van der Waals surface area contributed by atoms with E-state index in [2.05, 4.69) is 5.16 Å². The predicted octanol–water partition coefficient (Wildman–Crippen LogP) is 1.54. The van der Waals surface area contributed by atoms with E-state index < -0.39 is 0 Å². The molecule has 0 spiro atoms. The van der Waals surface area contributed by atoms with Gasteiger partial charge in [0.25, 0.3) is 0 Å². The second-order valence-corrected chi connectivity index (χ2v) is 2.89. The first-order chi connectivity index (χ1) is 6.81. The molecule has 1 aromatic heterocycles. The Morgan fingerprint density at radius 3 is 2.57 bits per heavy atom. The third-order valence-electron chi connectivity index (χ3n) is 1.94. The fraction of sp³-hybridized carbons (Fsp3) is 0.100. The summed E-state index contributed by atoms with van der Waals surface area (Å²) in [6, 6.07) is 6.52. The fourth-order valence-corrected chi connectivity index (χ4v) is 1.22. The highest BCUT2D eigenvalue weighted by Gasteiger charge is 2.09. The molecule has 0 aliphatic carbocycles. The van der Waals surface area contributed by atoms with Crippen molar-refractivity contribution in [2.24, 2.45) is 0 Å². The Labute approximate surface area is 80.4 Å². The minimum absolute atomic E-state index is 0.111. The summed E-state index contributed by atoms with van der Waals surface area (Å²) >= 11 is 0. The predicted molar refractivity (Wildman–Crippen MR) is 49.5 cm³/mol. The van der Waals surface area contributed by atoms with Gasteiger partial charge in [0, 0.05) is 11.1 Å². The summed E-state index contributed by atoms with van der Waals surface area (Å²) in [4.78, 5) is 0. The van der Waals surface area contributed by atoms with E-state index in [4.69, 9.17) is 14.7 Å². The maximum atomic E-state index is 9.09. The number of hydrogen-bond donors (Lipinski definition) is 2. The van der Waals surface area contributed by atoms with Crippen molar-refractivity contribution in [2.45, 2.75) is 6.61 Å². The van der Waals surface area contributed by atoms with Crippen molar-refractivity contribution in [2.75, 3.05) is 0 Å². The molecule has 2 aromatic rings. The number of aromatic nitrogens is 1. The van der Waals surface area contributed by atoms with Crippen molar-refractivity contribution in [3.8, 4) is 17.1 Å². The molecule has 0 fully saturated rings. The highest BCUT2D eigenvalue weighted by molar-refractivity contribution is 5.61. The van der Waals surface area contributed by atoms with E-state index in [0.29, 0.717) is 11.3 Å². The van der Waals surface area contributed by atoms with Gasteiger partial charge in [-0.05, 0) is 24.3 Å². The van der Waals surface area contributed by atoms with Gasteiger partial charge in [0.2, 0.25) is 0 Å². The van der Waals surface area contributed by atoms with Gasteiger partial charge in [-0.15, -0.1) is 0 Å². The van der Waals surface area contributed by atoms with Gasteiger partial charge >= 0.3 is 0 Å². The minimum atomic E-state index is -0.111. The zero-order chi connectivity index (χ0) is 9.97. The molecule has 1 heterocycles. The third kappa shape index (κ3) is 1.47. The summed E-state index contributed by atoms with van der Waals surface area (Å²) in [5.74, 6) is 0.728. The minimum Gasteiger partial charge on any atom is -0.508 e. The number of benzene rings is 1. The molecule has 0 bridgehead atoms. The lowest BCUT2D eigenvalue weighted by Gasteiger charge is -1.98. The normalized spacial score (nSPS) is 10.4. The number of aliphatic hydroxyl groups excluding tert-OH is 1. The first kappa shape index (κ1) is 8.77. The van der Waals surface area contributed by atoms with Crippen LogP contribution in [0.3, 0.4) is 0 Å². The van der Waals surface area contributed by atoms with Crippen molar-refractivity contribution in [3.05, 3.63) is 36.0 Å². The van der Waals surface area contributed by atoms with Crippen LogP contribution < -0.4 is 0 Å². The Balaban J connectivity index is 2.44. The summed E-state index contributed by atoms with van der Waals surface area (Å²) in [5, 5.41) is 21.7. The van der Waals surface area contributed by atoms with E-state index in [9.17, 15) is 0 Å². The number of rotatable bonds is 2. The number of phenolic OH excluding ortho intramolecular Hbond substituents is 1. The molecule has 0 atom stereocenters. The van der Waals surface area contributed by atoms with Gasteiger partial charge in [-0.3, -0.25) is 0 Å². The SMILES string of the molecule is OCc1cnoc1-c1ccc(O)cc1. The van der Waals surface area contributed by atoms with Gasteiger partial charge in [0.1, 0.15) is 5.75 Å². The molecule has 14 heavy (non-hydrogen) atoms. The molecule has 2 N–H and O–H groups in total. The molecule has 0 amide bonds. The Kier molecular flexibility index (Phi) is 2.20. The van der Waals surface area contributed by atoms with E-state index in [1.54, 1.807) is 24.3 Å². The molecule has 2 rings (SSSR count). The van der Waals surface area contributed by atoms with Crippen molar-refractivity contribution in [3.63, 3.8) is 0 Å². The average Bonchev–Trinajstić information content (AvgIpc) is 2.67. The molecular weight excluding hydrogens is 182 g/mol. The van der Waals surface area contributed by atoms with Crippen LogP contribution >= 0.6 is 0 Å². The lowest BCUT2D eigenvalue weighted by atomic mass is 10.1. The molecular formula is C10H9NO3. The van der Waals surface area contributed by atoms with Gasteiger partial charge in [0.05, 0.1) is 12.8 Å². The number of nitrogens with zero attached hydrogens (tertiary/aromatic N) is 1. The summed E-state index contributed by atoms with van der Waals surface area (Å²) in [7, 11) is 0. The van der Waals surface area contributed by atoms with Gasteiger partial charge < -0.3 is 14.7 Å². The highest BCUT2D eigenvalue weighted by Crippen LogP contribution is 2.24. The highest BCUT2D eigenvalue weighted by atomic mass is 16.5. The number of aliphatic hydroxyl groups is 1. The van der Waals surface area contributed by atoms with Crippen molar-refractivity contribution < 1.29 is 14.7 Å². The van der Waals surface area contributed by atoms with Crippen molar-refractivity contribution in [1.82, 2.24) is 5.16 Å². The van der Waals surface area contributed by atoms with Gasteiger partial charge in [-0.1, -0.05) is 5.16 Å². The topological polar surface area (TPSA) is 66.5 Å². The molecule has 1 aromatic carbocycles. The van der Waals surface area contributed by atoms with Crippen molar-refractivity contribution >= 4 is 0 Å². The quantitative estimate of drug-likeness (QED) is 0.755. The van der Waals surface area contributed by atoms with Crippen LogP contribution in [0.2, 0.25) is 0 Å². The standard InChI is InChI=1S/C10H9NO3/c12-6-8-5-11-14-10(8)7-1-3-9(13)4-2-7/h1-5,12-13H,6H2. The third-order valence-corrected chi connectivity index (χ3v) is 1.94. The monoisotopic (exact) mass is 191 g/mol. The van der Waals surface area contributed by atoms with Crippen LogP contribution in [0.5, 0.6) is 5.75 Å². The summed E-state index contributed by atoms with van der Waals surface area (Å²) in [6.07, 6.45) is 1.47. The van der Waals surface area contributed by atoms with E-state index in [0.717, 1.165) is 5.56 Å². The Morgan fingerprint density at radius 1 is 1.21 bits per heavy atom. The van der Waals surface area contributed by atoms with Crippen LogP contribution in [0.4, 0.5) is 0 Å². The number of aromatic hydroxyl groups is 1. The summed E-state index contributed by atoms with van der Waals surface area (Å²) in [5.41, 5.74) is 1.42. The molecule has 0 radical (unpaired) electrons. The van der Waals surface area contributed by atoms with Gasteiger partial charge in [-0.25, -0.2) is 0 Å². The van der Waals surface area contributed by atoms with E-state index >= 15 is 0 Å². The Hall–Kier alpha value is -1.81. The molecule has 4 heteroatoms. The lowest BCUT2D eigenvalue weighted by Crippen LogP contribution is -1.83. The average molecular weight is 191 g/mol. The van der Waals surface area contributed by atoms with Crippen LogP contribution in [-0.2, 0) is 6.61 Å². The zero-order valence-corrected chi connectivity index (χ0v) is 7.34. The summed E-state index contributed by atoms with van der Waals surface area (Å²) in [6.45, 7) is -0.111. The smallest absolute Gasteiger partial charge is 0.172 e. The maximum Gasteiger partial charge on any atom is 0.172 e. The zero-order valence-electron chi connectivity index (χ0n) is 7.34. The first-order valence-electron chi connectivity index (χ1n) is 4.15. The molecule has 0 aliphatic rings. The van der Waals surface area contributed by atoms with E-state index in [1.807, 2.05) is 0 Å². The fourth-order valence-electron chi connectivity index (χ4n) is 1.22. The second-order valence-electron chi connectivity index (χ2n) is 2.89. The van der Waals surface area contributed by atoms with Crippen LogP contribution in [0.15, 0.2) is 35.0 Å². The molecule has 4 nitrogen and oxygen atoms in total. The maximum absolute atomic E-state index is 9.09. The Bertz CT molecular complexity index is 419. The molecule has 0 saturated carbocycles. The number of hydrogen-bond acceptors (Lipinski definition) is 4. The summed E-state index contributed by atoms with van der Waals surface area (Å²) < 4.78 is 4.99. The molecule has 72 valence electrons. The molecule has 0 unspecified atom stereocenters. The second kappa shape index (κ2) is 3.51. The largest absolute Gasteiger partial charge is 0.508 e. The van der Waals surface area contributed by atoms with Crippen LogP contribution in [0.25, 0.3) is 11.3 Å². The van der Waals surface area contributed by atoms with E-state index in [-0.39, 0.29) is 12.4 Å². The van der Waals surface area contributed by atoms with Gasteiger partial charge in [0.15, 0.2) is 5.76 Å². The first-order valence-corrected chi connectivity index (χ1v) is 4.15. The van der Waals surface area contributed by atoms with E-state index in [1.165, 1.54) is 6.20 Å². The van der Waals surface area contributed by atoms with Crippen LogP contribution in [0, 0.1) is 0 Å². The van der Waals surface area contributed by atoms with Crippen LogP contribution in [0.1, 0.15) is 5.56 Å². The van der Waals surface area contributed by atoms with Gasteiger partial charge in [-0.2, -0.15) is 0 Å².